The minimum atomic E-state index is -0.737. The Labute approximate surface area is 148 Å². The van der Waals surface area contributed by atoms with Crippen molar-refractivity contribution < 1.29 is 24.0 Å². The molecule has 0 aliphatic carbocycles. The lowest BCUT2D eigenvalue weighted by Gasteiger charge is -2.12. The van der Waals surface area contributed by atoms with Crippen LogP contribution in [0.3, 0.4) is 0 Å². The highest BCUT2D eigenvalue weighted by Crippen LogP contribution is 2.25. The summed E-state index contributed by atoms with van der Waals surface area (Å²) in [5.74, 6) is -1.37. The van der Waals surface area contributed by atoms with Gasteiger partial charge in [0.1, 0.15) is 5.25 Å². The Hall–Kier alpha value is -2.62. The molecule has 1 atom stereocenters. The van der Waals surface area contributed by atoms with Crippen molar-refractivity contribution in [3.8, 4) is 0 Å². The monoisotopic (exact) mass is 369 g/mol. The number of thioether (sulfide) groups is 1. The quantitative estimate of drug-likeness (QED) is 0.325. The van der Waals surface area contributed by atoms with Crippen LogP contribution in [-0.2, 0) is 14.3 Å². The lowest BCUT2D eigenvalue weighted by Crippen LogP contribution is -2.44. The SMILES string of the molecule is CC(C)NC(=O)NC(=O)COC(=O)[C@@H](C)Sc1ccc([N+](=O)[O-])cc1. The summed E-state index contributed by atoms with van der Waals surface area (Å²) >= 11 is 1.14. The highest BCUT2D eigenvalue weighted by atomic mass is 32.2. The standard InChI is InChI=1S/C15H19N3O6S/c1-9(2)16-15(21)17-13(19)8-24-14(20)10(3)25-12-6-4-11(5-7-12)18(22)23/h4-7,9-10H,8H2,1-3H3,(H2,16,17,19,21)/t10-/m1/s1. The number of amides is 3. The maximum atomic E-state index is 11.9. The van der Waals surface area contributed by atoms with Crippen LogP contribution in [0.15, 0.2) is 29.2 Å². The molecule has 0 saturated carbocycles. The second-order valence-electron chi connectivity index (χ2n) is 5.30. The lowest BCUT2D eigenvalue weighted by atomic mass is 10.3. The minimum absolute atomic E-state index is 0.0454. The number of benzene rings is 1. The molecule has 0 radical (unpaired) electrons. The smallest absolute Gasteiger partial charge is 0.321 e. The van der Waals surface area contributed by atoms with Gasteiger partial charge in [0.15, 0.2) is 6.61 Å². The molecule has 0 aliphatic rings. The van der Waals surface area contributed by atoms with E-state index in [0.29, 0.717) is 4.90 Å². The van der Waals surface area contributed by atoms with Gasteiger partial charge in [0.25, 0.3) is 11.6 Å². The average Bonchev–Trinajstić information content (AvgIpc) is 2.52. The van der Waals surface area contributed by atoms with Gasteiger partial charge in [-0.25, -0.2) is 4.79 Å². The molecule has 136 valence electrons. The van der Waals surface area contributed by atoms with Gasteiger partial charge in [-0.05, 0) is 32.9 Å². The molecule has 0 fully saturated rings. The number of hydrogen-bond acceptors (Lipinski definition) is 7. The normalized spacial score (nSPS) is 11.5. The second kappa shape index (κ2) is 9.62. The molecule has 0 aliphatic heterocycles. The van der Waals surface area contributed by atoms with Gasteiger partial charge in [-0.15, -0.1) is 11.8 Å². The van der Waals surface area contributed by atoms with Crippen molar-refractivity contribution in [2.45, 2.75) is 37.0 Å². The summed E-state index contributed by atoms with van der Waals surface area (Å²) in [4.78, 5) is 45.4. The molecule has 0 spiro atoms. The molecule has 3 amide bonds. The Kier molecular flexibility index (Phi) is 7.86. The topological polar surface area (TPSA) is 128 Å². The molecule has 10 heteroatoms. The first-order valence-corrected chi connectivity index (χ1v) is 8.25. The van der Waals surface area contributed by atoms with Crippen molar-refractivity contribution in [3.05, 3.63) is 34.4 Å². The third-order valence-corrected chi connectivity index (χ3v) is 3.80. The number of nitro groups is 1. The number of ether oxygens (including phenoxy) is 1. The molecule has 1 aromatic carbocycles. The van der Waals surface area contributed by atoms with E-state index in [-0.39, 0.29) is 11.7 Å². The molecule has 25 heavy (non-hydrogen) atoms. The van der Waals surface area contributed by atoms with Gasteiger partial charge in [0.2, 0.25) is 0 Å². The van der Waals surface area contributed by atoms with Crippen LogP contribution < -0.4 is 10.6 Å². The maximum absolute atomic E-state index is 11.9. The van der Waals surface area contributed by atoms with E-state index >= 15 is 0 Å². The number of nitrogens with zero attached hydrogens (tertiary/aromatic N) is 1. The predicted octanol–water partition coefficient (Wildman–Crippen LogP) is 1.85. The van der Waals surface area contributed by atoms with Crippen LogP contribution >= 0.6 is 11.8 Å². The maximum Gasteiger partial charge on any atom is 0.321 e. The van der Waals surface area contributed by atoms with Crippen molar-refractivity contribution in [1.82, 2.24) is 10.6 Å². The molecule has 9 nitrogen and oxygen atoms in total. The van der Waals surface area contributed by atoms with Crippen molar-refractivity contribution in [2.24, 2.45) is 0 Å². The molecular weight excluding hydrogens is 350 g/mol. The summed E-state index contributed by atoms with van der Waals surface area (Å²) in [6.45, 7) is 4.48. The fourth-order valence-corrected chi connectivity index (χ4v) is 2.48. The first-order chi connectivity index (χ1) is 11.7. The van der Waals surface area contributed by atoms with Crippen LogP contribution in [0.5, 0.6) is 0 Å². The molecule has 0 heterocycles. The Balaban J connectivity index is 2.42. The van der Waals surface area contributed by atoms with Crippen molar-refractivity contribution in [2.75, 3.05) is 6.61 Å². The number of nitro benzene ring substituents is 1. The fourth-order valence-electron chi connectivity index (χ4n) is 1.61. The van der Waals surface area contributed by atoms with Gasteiger partial charge in [-0.3, -0.25) is 25.0 Å². The summed E-state index contributed by atoms with van der Waals surface area (Å²) < 4.78 is 4.85. The van der Waals surface area contributed by atoms with Crippen molar-refractivity contribution >= 4 is 35.4 Å². The number of carbonyl (C=O) groups is 3. The molecule has 0 bridgehead atoms. The number of non-ortho nitro benzene ring substituents is 1. The van der Waals surface area contributed by atoms with Crippen LogP contribution in [0.1, 0.15) is 20.8 Å². The molecule has 0 aromatic heterocycles. The van der Waals surface area contributed by atoms with Crippen LogP contribution in [0.25, 0.3) is 0 Å². The van der Waals surface area contributed by atoms with Gasteiger partial charge in [0, 0.05) is 23.1 Å². The highest BCUT2D eigenvalue weighted by molar-refractivity contribution is 8.00. The van der Waals surface area contributed by atoms with E-state index in [0.717, 1.165) is 11.8 Å². The number of carbonyl (C=O) groups excluding carboxylic acids is 3. The van der Waals surface area contributed by atoms with Crippen LogP contribution in [0, 0.1) is 10.1 Å². The number of esters is 1. The zero-order valence-corrected chi connectivity index (χ0v) is 14.8. The summed E-state index contributed by atoms with van der Waals surface area (Å²) in [6.07, 6.45) is 0. The van der Waals surface area contributed by atoms with Gasteiger partial charge in [0.05, 0.1) is 4.92 Å². The Morgan fingerprint density at radius 1 is 1.20 bits per heavy atom. The molecule has 0 saturated heterocycles. The van der Waals surface area contributed by atoms with E-state index in [1.807, 2.05) is 5.32 Å². The van der Waals surface area contributed by atoms with Gasteiger partial charge >= 0.3 is 12.0 Å². The zero-order chi connectivity index (χ0) is 19.0. The number of imide groups is 1. The first kappa shape index (κ1) is 20.4. The van der Waals surface area contributed by atoms with E-state index in [4.69, 9.17) is 4.74 Å². The minimum Gasteiger partial charge on any atom is -0.455 e. The number of nitrogens with one attached hydrogen (secondary N) is 2. The van der Waals surface area contributed by atoms with Crippen LogP contribution in [0.4, 0.5) is 10.5 Å². The van der Waals surface area contributed by atoms with Gasteiger partial charge in [-0.2, -0.15) is 0 Å². The molecular formula is C15H19N3O6S. The van der Waals surface area contributed by atoms with E-state index in [9.17, 15) is 24.5 Å². The molecule has 1 aromatic rings. The average molecular weight is 369 g/mol. The number of rotatable bonds is 7. The van der Waals surface area contributed by atoms with E-state index < -0.39 is 34.7 Å². The van der Waals surface area contributed by atoms with Gasteiger partial charge in [-0.1, -0.05) is 0 Å². The second-order valence-corrected chi connectivity index (χ2v) is 6.71. The van der Waals surface area contributed by atoms with Crippen LogP contribution in [-0.4, -0.2) is 40.7 Å². The Morgan fingerprint density at radius 3 is 2.32 bits per heavy atom. The van der Waals surface area contributed by atoms with Crippen molar-refractivity contribution in [3.63, 3.8) is 0 Å². The van der Waals surface area contributed by atoms with Gasteiger partial charge < -0.3 is 10.1 Å². The Bertz CT molecular complexity index is 647. The predicted molar refractivity (Wildman–Crippen MR) is 91.2 cm³/mol. The summed E-state index contributed by atoms with van der Waals surface area (Å²) in [5.41, 5.74) is -0.0454. The van der Waals surface area contributed by atoms with Crippen molar-refractivity contribution in [1.29, 1.82) is 0 Å². The molecule has 1 rings (SSSR count). The first-order valence-electron chi connectivity index (χ1n) is 7.37. The highest BCUT2D eigenvalue weighted by Gasteiger charge is 2.18. The summed E-state index contributed by atoms with van der Waals surface area (Å²) in [7, 11) is 0. The van der Waals surface area contributed by atoms with E-state index in [1.54, 1.807) is 20.8 Å². The third-order valence-electron chi connectivity index (χ3n) is 2.71. The van der Waals surface area contributed by atoms with E-state index in [1.165, 1.54) is 24.3 Å². The fraction of sp³-hybridized carbons (Fsp3) is 0.400. The van der Waals surface area contributed by atoms with Crippen LogP contribution in [0.2, 0.25) is 0 Å². The summed E-state index contributed by atoms with van der Waals surface area (Å²) in [6, 6.07) is 4.92. The molecule has 2 N–H and O–H groups in total. The lowest BCUT2D eigenvalue weighted by molar-refractivity contribution is -0.384. The number of hydrogen-bond donors (Lipinski definition) is 2. The largest absolute Gasteiger partial charge is 0.455 e. The Morgan fingerprint density at radius 2 is 1.80 bits per heavy atom. The zero-order valence-electron chi connectivity index (χ0n) is 14.0. The molecule has 0 unspecified atom stereocenters. The number of urea groups is 1. The van der Waals surface area contributed by atoms with E-state index in [2.05, 4.69) is 5.32 Å². The third kappa shape index (κ3) is 7.66. The summed E-state index contributed by atoms with van der Waals surface area (Å²) in [5, 5.41) is 14.5.